The van der Waals surface area contributed by atoms with Crippen molar-refractivity contribution in [1.29, 1.82) is 0 Å². The predicted molar refractivity (Wildman–Crippen MR) is 96.5 cm³/mol. The van der Waals surface area contributed by atoms with E-state index in [9.17, 15) is 9.59 Å². The van der Waals surface area contributed by atoms with E-state index < -0.39 is 5.97 Å². The molecular formula is C15H22N6O3S. The fraction of sp³-hybridized carbons (Fsp3) is 0.600. The molecule has 0 unspecified atom stereocenters. The molecule has 2 aromatic heterocycles. The normalized spacial score (nSPS) is 15.0. The summed E-state index contributed by atoms with van der Waals surface area (Å²) in [7, 11) is 1.66. The zero-order chi connectivity index (χ0) is 18.0. The van der Waals surface area contributed by atoms with Crippen LogP contribution in [0, 0.1) is 0 Å². The molecule has 0 saturated carbocycles. The lowest BCUT2D eigenvalue weighted by molar-refractivity contribution is -0.136. The Morgan fingerprint density at radius 2 is 2.04 bits per heavy atom. The SMILES string of the molecule is CCn1c(N2CCNCC2)nc2nc(SCCC(=O)O)n(C)c(=O)c21. The maximum Gasteiger partial charge on any atom is 0.304 e. The van der Waals surface area contributed by atoms with Crippen LogP contribution in [0.5, 0.6) is 0 Å². The highest BCUT2D eigenvalue weighted by Crippen LogP contribution is 2.22. The van der Waals surface area contributed by atoms with Gasteiger partial charge >= 0.3 is 5.97 Å². The molecule has 1 aliphatic heterocycles. The van der Waals surface area contributed by atoms with Crippen molar-refractivity contribution in [3.8, 4) is 0 Å². The van der Waals surface area contributed by atoms with Gasteiger partial charge in [0.25, 0.3) is 5.56 Å². The summed E-state index contributed by atoms with van der Waals surface area (Å²) >= 11 is 1.26. The molecule has 0 aliphatic carbocycles. The molecule has 25 heavy (non-hydrogen) atoms. The second kappa shape index (κ2) is 7.44. The third kappa shape index (κ3) is 3.49. The molecule has 2 N–H and O–H groups in total. The van der Waals surface area contributed by atoms with Gasteiger partial charge in [-0.15, -0.1) is 0 Å². The third-order valence-corrected chi connectivity index (χ3v) is 5.22. The largest absolute Gasteiger partial charge is 0.481 e. The predicted octanol–water partition coefficient (Wildman–Crippen LogP) is 0.126. The maximum atomic E-state index is 12.8. The summed E-state index contributed by atoms with van der Waals surface area (Å²) in [5.41, 5.74) is 0.774. The first-order chi connectivity index (χ1) is 12.0. The minimum absolute atomic E-state index is 0.0218. The smallest absolute Gasteiger partial charge is 0.304 e. The Bertz CT molecular complexity index is 840. The molecule has 0 spiro atoms. The summed E-state index contributed by atoms with van der Waals surface area (Å²) in [5.74, 6) is 0.270. The highest BCUT2D eigenvalue weighted by atomic mass is 32.2. The van der Waals surface area contributed by atoms with Crippen LogP contribution in [-0.2, 0) is 18.4 Å². The van der Waals surface area contributed by atoms with Crippen LogP contribution in [0.25, 0.3) is 11.2 Å². The fourth-order valence-electron chi connectivity index (χ4n) is 2.89. The summed E-state index contributed by atoms with van der Waals surface area (Å²) in [4.78, 5) is 34.8. The van der Waals surface area contributed by atoms with Gasteiger partial charge in [0.1, 0.15) is 0 Å². The van der Waals surface area contributed by atoms with Crippen LogP contribution < -0.4 is 15.8 Å². The number of piperazine rings is 1. The number of aryl methyl sites for hydroxylation is 1. The quantitative estimate of drug-likeness (QED) is 0.549. The molecule has 3 rings (SSSR count). The van der Waals surface area contributed by atoms with E-state index in [-0.39, 0.29) is 12.0 Å². The highest BCUT2D eigenvalue weighted by Gasteiger charge is 2.22. The average molecular weight is 366 g/mol. The van der Waals surface area contributed by atoms with Gasteiger partial charge in [0.2, 0.25) is 5.95 Å². The monoisotopic (exact) mass is 366 g/mol. The number of carboxylic acid groups (broad SMARTS) is 1. The van der Waals surface area contributed by atoms with E-state index in [1.54, 1.807) is 7.05 Å². The number of hydrogen-bond donors (Lipinski definition) is 2. The molecule has 10 heteroatoms. The summed E-state index contributed by atoms with van der Waals surface area (Å²) in [6, 6.07) is 0. The van der Waals surface area contributed by atoms with Gasteiger partial charge in [0.05, 0.1) is 6.42 Å². The van der Waals surface area contributed by atoms with Gasteiger partial charge in [-0.3, -0.25) is 14.2 Å². The molecule has 3 heterocycles. The lowest BCUT2D eigenvalue weighted by Gasteiger charge is -2.28. The van der Waals surface area contributed by atoms with Crippen LogP contribution in [0.15, 0.2) is 9.95 Å². The first-order valence-corrected chi connectivity index (χ1v) is 9.29. The Hall–Kier alpha value is -2.07. The minimum Gasteiger partial charge on any atom is -0.481 e. The number of anilines is 1. The van der Waals surface area contributed by atoms with Crippen molar-refractivity contribution < 1.29 is 9.90 Å². The summed E-state index contributed by atoms with van der Waals surface area (Å²) in [5, 5.41) is 12.6. The highest BCUT2D eigenvalue weighted by molar-refractivity contribution is 7.99. The zero-order valence-corrected chi connectivity index (χ0v) is 15.2. The van der Waals surface area contributed by atoms with Crippen LogP contribution in [0.4, 0.5) is 5.95 Å². The van der Waals surface area contributed by atoms with Crippen LogP contribution in [0.1, 0.15) is 13.3 Å². The van der Waals surface area contributed by atoms with Crippen molar-refractivity contribution in [2.45, 2.75) is 25.0 Å². The van der Waals surface area contributed by atoms with Gasteiger partial charge in [-0.1, -0.05) is 11.8 Å². The Kier molecular flexibility index (Phi) is 5.28. The minimum atomic E-state index is -0.866. The molecule has 1 aliphatic rings. The number of rotatable bonds is 6. The molecule has 9 nitrogen and oxygen atoms in total. The van der Waals surface area contributed by atoms with Gasteiger partial charge < -0.3 is 19.9 Å². The number of imidazole rings is 1. The summed E-state index contributed by atoms with van der Waals surface area (Å²) < 4.78 is 3.39. The van der Waals surface area contributed by atoms with Crippen molar-refractivity contribution in [2.75, 3.05) is 36.8 Å². The zero-order valence-electron chi connectivity index (χ0n) is 14.4. The lowest BCUT2D eigenvalue weighted by Crippen LogP contribution is -2.44. The Morgan fingerprint density at radius 1 is 1.32 bits per heavy atom. The van der Waals surface area contributed by atoms with Crippen molar-refractivity contribution in [2.24, 2.45) is 7.05 Å². The number of aromatic nitrogens is 4. The molecule has 2 aromatic rings. The first kappa shape index (κ1) is 17.7. The number of hydrogen-bond acceptors (Lipinski definition) is 7. The molecule has 0 radical (unpaired) electrons. The number of nitrogens with zero attached hydrogens (tertiary/aromatic N) is 5. The fourth-order valence-corrected chi connectivity index (χ4v) is 3.78. The van der Waals surface area contributed by atoms with Gasteiger partial charge in [-0.25, -0.2) is 4.98 Å². The van der Waals surface area contributed by atoms with Crippen LogP contribution >= 0.6 is 11.8 Å². The van der Waals surface area contributed by atoms with Crippen molar-refractivity contribution >= 4 is 34.8 Å². The van der Waals surface area contributed by atoms with Gasteiger partial charge in [-0.05, 0) is 6.92 Å². The first-order valence-electron chi connectivity index (χ1n) is 8.30. The number of thioether (sulfide) groups is 1. The van der Waals surface area contributed by atoms with E-state index >= 15 is 0 Å². The molecule has 1 fully saturated rings. The van der Waals surface area contributed by atoms with Crippen LogP contribution in [0.3, 0.4) is 0 Å². The number of carboxylic acids is 1. The number of nitrogens with one attached hydrogen (secondary N) is 1. The van der Waals surface area contributed by atoms with E-state index in [1.807, 2.05) is 11.5 Å². The second-order valence-electron chi connectivity index (χ2n) is 5.82. The van der Waals surface area contributed by atoms with Gasteiger partial charge in [0, 0.05) is 45.5 Å². The van der Waals surface area contributed by atoms with E-state index in [1.165, 1.54) is 16.3 Å². The standard InChI is InChI=1S/C15H22N6O3S/c1-3-21-11-12(17-14(21)20-7-5-16-6-8-20)18-15(19(2)13(11)24)25-9-4-10(22)23/h16H,3-9H2,1-2H3,(H,22,23). The summed E-state index contributed by atoms with van der Waals surface area (Å²) in [6.07, 6.45) is 0.0218. The van der Waals surface area contributed by atoms with E-state index in [0.717, 1.165) is 32.1 Å². The van der Waals surface area contributed by atoms with E-state index in [0.29, 0.717) is 28.6 Å². The number of carbonyl (C=O) groups is 1. The van der Waals surface area contributed by atoms with Gasteiger partial charge in [-0.2, -0.15) is 4.98 Å². The van der Waals surface area contributed by atoms with Crippen LogP contribution in [-0.4, -0.2) is 62.1 Å². The second-order valence-corrected chi connectivity index (χ2v) is 6.88. The molecule has 136 valence electrons. The molecule has 0 atom stereocenters. The molecule has 0 bridgehead atoms. The van der Waals surface area contributed by atoms with Crippen molar-refractivity contribution in [3.63, 3.8) is 0 Å². The summed E-state index contributed by atoms with van der Waals surface area (Å²) in [6.45, 7) is 6.07. The molecule has 0 aromatic carbocycles. The van der Waals surface area contributed by atoms with Crippen molar-refractivity contribution in [1.82, 2.24) is 24.4 Å². The van der Waals surface area contributed by atoms with Gasteiger partial charge in [0.15, 0.2) is 16.3 Å². The molecular weight excluding hydrogens is 344 g/mol. The molecule has 0 amide bonds. The topological polar surface area (TPSA) is 105 Å². The molecule has 1 saturated heterocycles. The Labute approximate surface area is 149 Å². The van der Waals surface area contributed by atoms with Crippen LogP contribution in [0.2, 0.25) is 0 Å². The maximum absolute atomic E-state index is 12.8. The van der Waals surface area contributed by atoms with Crippen molar-refractivity contribution in [3.05, 3.63) is 10.4 Å². The Balaban J connectivity index is 2.02. The average Bonchev–Trinajstić information content (AvgIpc) is 2.98. The number of aliphatic carboxylic acids is 1. The Morgan fingerprint density at radius 3 is 2.68 bits per heavy atom. The lowest BCUT2D eigenvalue weighted by atomic mass is 10.4. The number of fused-ring (bicyclic) bond motifs is 1. The van der Waals surface area contributed by atoms with E-state index in [4.69, 9.17) is 5.11 Å². The van der Waals surface area contributed by atoms with E-state index in [2.05, 4.69) is 20.2 Å². The third-order valence-electron chi connectivity index (χ3n) is 4.19.